The van der Waals surface area contributed by atoms with E-state index in [9.17, 15) is 0 Å². The van der Waals surface area contributed by atoms with Crippen molar-refractivity contribution in [2.24, 2.45) is 0 Å². The number of hydrogen-bond donors (Lipinski definition) is 0. The van der Waals surface area contributed by atoms with Gasteiger partial charge in [-0.05, 0) is 30.7 Å². The van der Waals surface area contributed by atoms with Crippen molar-refractivity contribution in [2.75, 3.05) is 7.05 Å². The van der Waals surface area contributed by atoms with Crippen molar-refractivity contribution in [3.63, 3.8) is 0 Å². The smallest absolute Gasteiger partial charge is 0.0949 e. The van der Waals surface area contributed by atoms with Crippen LogP contribution in [0.3, 0.4) is 0 Å². The molecule has 2 nitrogen and oxygen atoms in total. The third kappa shape index (κ3) is 3.43. The van der Waals surface area contributed by atoms with Gasteiger partial charge in [-0.15, -0.1) is 0 Å². The van der Waals surface area contributed by atoms with Crippen molar-refractivity contribution in [1.82, 2.24) is 4.90 Å². The Bertz CT molecular complexity index is 552. The summed E-state index contributed by atoms with van der Waals surface area (Å²) in [5.41, 5.74) is 3.68. The Balaban J connectivity index is 2.09. The Labute approximate surface area is 114 Å². The quantitative estimate of drug-likeness (QED) is 0.827. The molecule has 0 aliphatic rings. The second-order valence-electron chi connectivity index (χ2n) is 4.78. The summed E-state index contributed by atoms with van der Waals surface area (Å²) in [4.78, 5) is 2.04. The molecule has 0 N–H and O–H groups in total. The zero-order valence-corrected chi connectivity index (χ0v) is 11.4. The highest BCUT2D eigenvalue weighted by Crippen LogP contribution is 2.19. The van der Waals surface area contributed by atoms with Crippen molar-refractivity contribution in [1.29, 1.82) is 5.26 Å². The lowest BCUT2D eigenvalue weighted by Crippen LogP contribution is -2.26. The second kappa shape index (κ2) is 6.17. The fourth-order valence-electron chi connectivity index (χ4n) is 1.96. The molecule has 0 aliphatic carbocycles. The van der Waals surface area contributed by atoms with Crippen molar-refractivity contribution in [3.05, 3.63) is 60.2 Å². The van der Waals surface area contributed by atoms with E-state index in [0.717, 1.165) is 6.54 Å². The molecule has 0 fully saturated rings. The number of nitriles is 1. The summed E-state index contributed by atoms with van der Waals surface area (Å²) in [6.45, 7) is 2.71. The maximum absolute atomic E-state index is 8.88. The largest absolute Gasteiger partial charge is 0.287 e. The molecule has 2 heteroatoms. The van der Waals surface area contributed by atoms with E-state index in [2.05, 4.69) is 42.5 Å². The van der Waals surface area contributed by atoms with Crippen molar-refractivity contribution < 1.29 is 0 Å². The zero-order valence-electron chi connectivity index (χ0n) is 11.4. The first-order valence-electron chi connectivity index (χ1n) is 6.45. The molecule has 0 heterocycles. The van der Waals surface area contributed by atoms with Gasteiger partial charge < -0.3 is 0 Å². The Hall–Kier alpha value is -2.11. The van der Waals surface area contributed by atoms with E-state index in [0.29, 0.717) is 0 Å². The molecule has 19 heavy (non-hydrogen) atoms. The van der Waals surface area contributed by atoms with E-state index in [1.54, 1.807) is 0 Å². The second-order valence-corrected chi connectivity index (χ2v) is 4.78. The molecule has 0 aromatic heterocycles. The Morgan fingerprint density at radius 1 is 1.00 bits per heavy atom. The van der Waals surface area contributed by atoms with E-state index in [-0.39, 0.29) is 6.04 Å². The van der Waals surface area contributed by atoms with E-state index < -0.39 is 0 Å². The molecule has 2 aromatic carbocycles. The molecule has 0 bridgehead atoms. The van der Waals surface area contributed by atoms with Crippen LogP contribution >= 0.6 is 0 Å². The number of nitrogens with zero attached hydrogens (tertiary/aromatic N) is 2. The summed E-state index contributed by atoms with van der Waals surface area (Å²) < 4.78 is 0. The predicted molar refractivity (Wildman–Crippen MR) is 78.4 cm³/mol. The maximum atomic E-state index is 8.88. The van der Waals surface area contributed by atoms with Gasteiger partial charge in [-0.25, -0.2) is 0 Å². The van der Waals surface area contributed by atoms with Crippen molar-refractivity contribution in [2.45, 2.75) is 19.5 Å². The Kier molecular flexibility index (Phi) is 4.33. The molecule has 0 amide bonds. The van der Waals surface area contributed by atoms with E-state index in [1.165, 1.54) is 16.7 Å². The van der Waals surface area contributed by atoms with Gasteiger partial charge in [-0.2, -0.15) is 5.26 Å². The molecule has 0 aliphatic heterocycles. The summed E-state index contributed by atoms with van der Waals surface area (Å²) >= 11 is 0. The topological polar surface area (TPSA) is 27.0 Å². The fourth-order valence-corrected chi connectivity index (χ4v) is 1.96. The number of hydrogen-bond acceptors (Lipinski definition) is 2. The van der Waals surface area contributed by atoms with Crippen molar-refractivity contribution in [3.8, 4) is 17.2 Å². The maximum Gasteiger partial charge on any atom is 0.0949 e. The van der Waals surface area contributed by atoms with Gasteiger partial charge in [-0.3, -0.25) is 4.90 Å². The summed E-state index contributed by atoms with van der Waals surface area (Å²) in [6, 6.07) is 21.0. The predicted octanol–water partition coefficient (Wildman–Crippen LogP) is 3.70. The zero-order chi connectivity index (χ0) is 13.7. The van der Waals surface area contributed by atoms with Gasteiger partial charge >= 0.3 is 0 Å². The lowest BCUT2D eigenvalue weighted by atomic mass is 10.0. The van der Waals surface area contributed by atoms with E-state index in [1.807, 2.05) is 37.1 Å². The van der Waals surface area contributed by atoms with Crippen LogP contribution in [0.5, 0.6) is 0 Å². The summed E-state index contributed by atoms with van der Waals surface area (Å²) in [5, 5.41) is 8.88. The van der Waals surface area contributed by atoms with Crippen LogP contribution in [-0.4, -0.2) is 18.0 Å². The lowest BCUT2D eigenvalue weighted by Gasteiger charge is -2.18. The average molecular weight is 250 g/mol. The van der Waals surface area contributed by atoms with Crippen LogP contribution in [0.1, 0.15) is 12.5 Å². The molecular formula is C17H18N2. The highest BCUT2D eigenvalue weighted by Gasteiger charge is 2.07. The molecule has 1 unspecified atom stereocenters. The minimum absolute atomic E-state index is 0.0613. The highest BCUT2D eigenvalue weighted by atomic mass is 15.1. The minimum Gasteiger partial charge on any atom is -0.287 e. The molecule has 2 rings (SSSR count). The monoisotopic (exact) mass is 250 g/mol. The normalized spacial score (nSPS) is 12.1. The van der Waals surface area contributed by atoms with Gasteiger partial charge in [0.1, 0.15) is 0 Å². The van der Waals surface area contributed by atoms with E-state index in [4.69, 9.17) is 5.26 Å². The van der Waals surface area contributed by atoms with Gasteiger partial charge in [0.2, 0.25) is 0 Å². The minimum atomic E-state index is -0.0613. The highest BCUT2D eigenvalue weighted by molar-refractivity contribution is 5.63. The van der Waals surface area contributed by atoms with Crippen LogP contribution in [0.2, 0.25) is 0 Å². The summed E-state index contributed by atoms with van der Waals surface area (Å²) in [5.74, 6) is 0. The summed E-state index contributed by atoms with van der Waals surface area (Å²) in [7, 11) is 1.97. The number of rotatable bonds is 4. The molecular weight excluding hydrogens is 232 g/mol. The molecule has 0 saturated heterocycles. The van der Waals surface area contributed by atoms with Crippen LogP contribution in [-0.2, 0) is 6.54 Å². The van der Waals surface area contributed by atoms with Crippen LogP contribution in [0.4, 0.5) is 0 Å². The first kappa shape index (κ1) is 13.3. The SMILES string of the molecule is CC(C#N)N(C)Cc1ccc(-c2ccccc2)cc1. The Morgan fingerprint density at radius 3 is 2.16 bits per heavy atom. The van der Waals surface area contributed by atoms with Gasteiger partial charge in [0, 0.05) is 6.54 Å². The first-order chi connectivity index (χ1) is 9.20. The van der Waals surface area contributed by atoms with Crippen molar-refractivity contribution >= 4 is 0 Å². The first-order valence-corrected chi connectivity index (χ1v) is 6.45. The molecule has 96 valence electrons. The molecule has 0 radical (unpaired) electrons. The fraction of sp³-hybridized carbons (Fsp3) is 0.235. The van der Waals surface area contributed by atoms with Gasteiger partial charge in [0.05, 0.1) is 12.1 Å². The lowest BCUT2D eigenvalue weighted by molar-refractivity contribution is 0.294. The van der Waals surface area contributed by atoms with Crippen LogP contribution in [0.25, 0.3) is 11.1 Å². The van der Waals surface area contributed by atoms with E-state index >= 15 is 0 Å². The molecule has 1 atom stereocenters. The van der Waals surface area contributed by atoms with Gasteiger partial charge in [0.25, 0.3) is 0 Å². The molecule has 2 aromatic rings. The van der Waals surface area contributed by atoms with Crippen LogP contribution in [0.15, 0.2) is 54.6 Å². The molecule has 0 saturated carbocycles. The molecule has 0 spiro atoms. The summed E-state index contributed by atoms with van der Waals surface area (Å²) in [6.07, 6.45) is 0. The van der Waals surface area contributed by atoms with Gasteiger partial charge in [-0.1, -0.05) is 54.6 Å². The number of benzene rings is 2. The third-order valence-electron chi connectivity index (χ3n) is 3.34. The standard InChI is InChI=1S/C17H18N2/c1-14(12-18)19(2)13-15-8-10-17(11-9-15)16-6-4-3-5-7-16/h3-11,14H,13H2,1-2H3. The Morgan fingerprint density at radius 2 is 1.58 bits per heavy atom. The average Bonchev–Trinajstić information content (AvgIpc) is 2.48. The van der Waals surface area contributed by atoms with Gasteiger partial charge in [0.15, 0.2) is 0 Å². The van der Waals surface area contributed by atoms with Crippen LogP contribution in [0, 0.1) is 11.3 Å². The third-order valence-corrected chi connectivity index (χ3v) is 3.34. The van der Waals surface area contributed by atoms with Crippen LogP contribution < -0.4 is 0 Å².